The van der Waals surface area contributed by atoms with Crippen molar-refractivity contribution in [2.24, 2.45) is 5.92 Å². The Morgan fingerprint density at radius 3 is 2.25 bits per heavy atom. The van der Waals surface area contributed by atoms with E-state index in [0.717, 1.165) is 25.0 Å². The zero-order valence-corrected chi connectivity index (χ0v) is 11.2. The summed E-state index contributed by atoms with van der Waals surface area (Å²) in [6.45, 7) is 0.288. The molecule has 0 spiro atoms. The van der Waals surface area contributed by atoms with Gasteiger partial charge in [-0.1, -0.05) is 0 Å². The van der Waals surface area contributed by atoms with Crippen molar-refractivity contribution in [3.8, 4) is 0 Å². The molecule has 1 unspecified atom stereocenters. The van der Waals surface area contributed by atoms with Gasteiger partial charge in [-0.15, -0.1) is 0 Å². The van der Waals surface area contributed by atoms with Crippen molar-refractivity contribution in [3.05, 3.63) is 24.3 Å². The Morgan fingerprint density at radius 1 is 1.25 bits per heavy atom. The van der Waals surface area contributed by atoms with E-state index in [1.807, 2.05) is 0 Å². The van der Waals surface area contributed by atoms with Crippen LogP contribution >= 0.6 is 0 Å². The Morgan fingerprint density at radius 2 is 1.80 bits per heavy atom. The molecule has 0 radical (unpaired) electrons. The topological polar surface area (TPSA) is 66.4 Å². The van der Waals surface area contributed by atoms with Crippen LogP contribution in [0, 0.1) is 5.92 Å². The van der Waals surface area contributed by atoms with Gasteiger partial charge in [0.05, 0.1) is 11.0 Å². The lowest BCUT2D eigenvalue weighted by molar-refractivity contribution is -0.0436. The molecule has 1 atom stereocenters. The molecular formula is C12H14F3NO3S. The van der Waals surface area contributed by atoms with Crippen LogP contribution in [0.5, 0.6) is 0 Å². The molecule has 1 saturated carbocycles. The summed E-state index contributed by atoms with van der Waals surface area (Å²) < 4.78 is 59.3. The second-order valence-corrected chi connectivity index (χ2v) is 6.70. The molecular weight excluding hydrogens is 295 g/mol. The monoisotopic (exact) mass is 309 g/mol. The van der Waals surface area contributed by atoms with Gasteiger partial charge >= 0.3 is 5.51 Å². The minimum absolute atomic E-state index is 0.285. The van der Waals surface area contributed by atoms with E-state index in [-0.39, 0.29) is 12.5 Å². The second-order valence-electron chi connectivity index (χ2n) is 4.76. The Kier molecular flexibility index (Phi) is 3.97. The number of hydrogen-bond acceptors (Lipinski definition) is 4. The maximum Gasteiger partial charge on any atom is 0.501 e. The first-order valence-electron chi connectivity index (χ1n) is 6.05. The molecule has 8 heteroatoms. The molecule has 20 heavy (non-hydrogen) atoms. The number of alkyl halides is 3. The van der Waals surface area contributed by atoms with Crippen LogP contribution in [0.1, 0.15) is 12.8 Å². The van der Waals surface area contributed by atoms with Crippen LogP contribution in [0.15, 0.2) is 29.2 Å². The third-order valence-corrected chi connectivity index (χ3v) is 4.65. The summed E-state index contributed by atoms with van der Waals surface area (Å²) in [5.41, 5.74) is -4.84. The highest BCUT2D eigenvalue weighted by Gasteiger charge is 2.46. The summed E-state index contributed by atoms with van der Waals surface area (Å²) >= 11 is 0. The number of halogens is 3. The summed E-state index contributed by atoms with van der Waals surface area (Å²) in [5.74, 6) is 0.285. The quantitative estimate of drug-likeness (QED) is 0.875. The molecule has 4 nitrogen and oxygen atoms in total. The predicted molar refractivity (Wildman–Crippen MR) is 66.9 cm³/mol. The maximum absolute atomic E-state index is 12.3. The molecule has 0 heterocycles. The number of anilines is 1. The lowest BCUT2D eigenvalue weighted by Crippen LogP contribution is -2.23. The van der Waals surface area contributed by atoms with Gasteiger partial charge in [0, 0.05) is 12.2 Å². The number of sulfone groups is 1. The molecule has 2 N–H and O–H groups in total. The minimum atomic E-state index is -5.31. The van der Waals surface area contributed by atoms with Crippen molar-refractivity contribution in [2.45, 2.75) is 29.3 Å². The van der Waals surface area contributed by atoms with Crippen LogP contribution in [-0.2, 0) is 9.84 Å². The standard InChI is InChI=1S/C12H14F3NO3S/c13-12(14,15)20(18,19)10-5-3-9(4-6-10)16-7-11(17)8-1-2-8/h3-6,8,11,16-17H,1-2,7H2. The van der Waals surface area contributed by atoms with Gasteiger partial charge in [0.2, 0.25) is 0 Å². The molecule has 112 valence electrons. The third kappa shape index (κ3) is 3.24. The highest BCUT2D eigenvalue weighted by molar-refractivity contribution is 7.92. The first-order valence-corrected chi connectivity index (χ1v) is 7.53. The Bertz CT molecular complexity index is 565. The minimum Gasteiger partial charge on any atom is -0.391 e. The molecule has 0 aromatic heterocycles. The van der Waals surface area contributed by atoms with Gasteiger partial charge in [-0.05, 0) is 43.0 Å². The van der Waals surface area contributed by atoms with Gasteiger partial charge in [0.25, 0.3) is 9.84 Å². The number of benzene rings is 1. The van der Waals surface area contributed by atoms with E-state index in [1.54, 1.807) is 0 Å². The van der Waals surface area contributed by atoms with Gasteiger partial charge in [-0.2, -0.15) is 13.2 Å². The fraction of sp³-hybridized carbons (Fsp3) is 0.500. The van der Waals surface area contributed by atoms with Crippen molar-refractivity contribution >= 4 is 15.5 Å². The number of hydrogen-bond donors (Lipinski definition) is 2. The zero-order chi connectivity index (χ0) is 15.0. The van der Waals surface area contributed by atoms with E-state index in [2.05, 4.69) is 5.32 Å². The maximum atomic E-state index is 12.3. The Balaban J connectivity index is 2.02. The normalized spacial score (nSPS) is 17.8. The lowest BCUT2D eigenvalue weighted by atomic mass is 10.2. The number of aliphatic hydroxyl groups excluding tert-OH is 1. The van der Waals surface area contributed by atoms with E-state index >= 15 is 0 Å². The molecule has 0 aliphatic heterocycles. The Hall–Kier alpha value is -1.28. The molecule has 1 aromatic rings. The third-order valence-electron chi connectivity index (χ3n) is 3.15. The molecule has 2 rings (SSSR count). The van der Waals surface area contributed by atoms with Crippen molar-refractivity contribution in [2.75, 3.05) is 11.9 Å². The zero-order valence-electron chi connectivity index (χ0n) is 10.4. The summed E-state index contributed by atoms with van der Waals surface area (Å²) in [4.78, 5) is -0.793. The van der Waals surface area contributed by atoms with E-state index in [4.69, 9.17) is 0 Å². The van der Waals surface area contributed by atoms with Gasteiger partial charge in [-0.25, -0.2) is 8.42 Å². The fourth-order valence-electron chi connectivity index (χ4n) is 1.76. The first kappa shape index (κ1) is 15.1. The van der Waals surface area contributed by atoms with Crippen LogP contribution in [-0.4, -0.2) is 31.7 Å². The van der Waals surface area contributed by atoms with Crippen LogP contribution in [0.25, 0.3) is 0 Å². The van der Waals surface area contributed by atoms with Crippen LogP contribution in [0.2, 0.25) is 0 Å². The van der Waals surface area contributed by atoms with E-state index < -0.39 is 26.3 Å². The number of nitrogens with one attached hydrogen (secondary N) is 1. The SMILES string of the molecule is O=S(=O)(c1ccc(NCC(O)C2CC2)cc1)C(F)(F)F. The van der Waals surface area contributed by atoms with Crippen LogP contribution in [0.3, 0.4) is 0 Å². The lowest BCUT2D eigenvalue weighted by Gasteiger charge is -2.12. The fourth-order valence-corrected chi connectivity index (χ4v) is 2.52. The molecule has 0 bridgehead atoms. The van der Waals surface area contributed by atoms with Crippen molar-refractivity contribution < 1.29 is 26.7 Å². The summed E-state index contributed by atoms with van der Waals surface area (Å²) in [5, 5.41) is 12.5. The van der Waals surface area contributed by atoms with Crippen molar-refractivity contribution in [1.29, 1.82) is 0 Å². The summed E-state index contributed by atoms with van der Waals surface area (Å²) in [6, 6.07) is 4.29. The van der Waals surface area contributed by atoms with E-state index in [1.165, 1.54) is 12.1 Å². The van der Waals surface area contributed by atoms with Crippen LogP contribution < -0.4 is 5.32 Å². The molecule has 1 aliphatic rings. The second kappa shape index (κ2) is 5.25. The van der Waals surface area contributed by atoms with E-state index in [0.29, 0.717) is 5.69 Å². The van der Waals surface area contributed by atoms with Crippen LogP contribution in [0.4, 0.5) is 18.9 Å². The van der Waals surface area contributed by atoms with Gasteiger partial charge in [-0.3, -0.25) is 0 Å². The number of aliphatic hydroxyl groups is 1. The van der Waals surface area contributed by atoms with Gasteiger partial charge in [0.15, 0.2) is 0 Å². The molecule has 1 fully saturated rings. The smallest absolute Gasteiger partial charge is 0.391 e. The van der Waals surface area contributed by atoms with Gasteiger partial charge < -0.3 is 10.4 Å². The highest BCUT2D eigenvalue weighted by atomic mass is 32.2. The highest BCUT2D eigenvalue weighted by Crippen LogP contribution is 2.33. The predicted octanol–water partition coefficient (Wildman–Crippen LogP) is 2.16. The van der Waals surface area contributed by atoms with Crippen molar-refractivity contribution in [1.82, 2.24) is 0 Å². The first-order chi connectivity index (χ1) is 9.22. The summed E-state index contributed by atoms with van der Waals surface area (Å²) in [7, 11) is -5.31. The molecule has 0 amide bonds. The largest absolute Gasteiger partial charge is 0.501 e. The number of rotatable bonds is 5. The molecule has 1 aromatic carbocycles. The average Bonchev–Trinajstić information content (AvgIpc) is 3.19. The van der Waals surface area contributed by atoms with E-state index in [9.17, 15) is 26.7 Å². The average molecular weight is 309 g/mol. The van der Waals surface area contributed by atoms with Crippen molar-refractivity contribution in [3.63, 3.8) is 0 Å². The molecule has 1 aliphatic carbocycles. The summed E-state index contributed by atoms with van der Waals surface area (Å²) in [6.07, 6.45) is 1.46. The van der Waals surface area contributed by atoms with Gasteiger partial charge in [0.1, 0.15) is 0 Å². The molecule has 0 saturated heterocycles. The Labute approximate surface area is 114 Å².